The average Bonchev–Trinajstić information content (AvgIpc) is 2.95. The zero-order valence-corrected chi connectivity index (χ0v) is 10.5. The van der Waals surface area contributed by atoms with E-state index in [0.29, 0.717) is 0 Å². The number of benzene rings is 2. The van der Waals surface area contributed by atoms with Gasteiger partial charge in [0.05, 0.1) is 6.33 Å². The molecule has 0 N–H and O–H groups in total. The molecule has 0 amide bonds. The largest absolute Gasteiger partial charge is 0.306 e. The van der Waals surface area contributed by atoms with Gasteiger partial charge in [-0.15, -0.1) is 0 Å². The quantitative estimate of drug-likeness (QED) is 0.700. The van der Waals surface area contributed by atoms with Crippen molar-refractivity contribution >= 4 is 11.8 Å². The van der Waals surface area contributed by atoms with Crippen molar-refractivity contribution in [2.75, 3.05) is 0 Å². The van der Waals surface area contributed by atoms with Crippen LogP contribution in [0.1, 0.15) is 0 Å². The summed E-state index contributed by atoms with van der Waals surface area (Å²) in [5.74, 6) is 0. The molecule has 18 heavy (non-hydrogen) atoms. The van der Waals surface area contributed by atoms with E-state index >= 15 is 0 Å². The van der Waals surface area contributed by atoms with Crippen LogP contribution >= 0.6 is 11.8 Å². The van der Waals surface area contributed by atoms with E-state index in [1.54, 1.807) is 24.3 Å². The van der Waals surface area contributed by atoms with Crippen molar-refractivity contribution in [1.82, 2.24) is 9.55 Å². The van der Waals surface area contributed by atoms with Gasteiger partial charge in [0.1, 0.15) is 0 Å². The Kier molecular flexibility index (Phi) is 3.15. The summed E-state index contributed by atoms with van der Waals surface area (Å²) in [6.45, 7) is 0. The summed E-state index contributed by atoms with van der Waals surface area (Å²) in [6, 6.07) is 18.9. The van der Waals surface area contributed by atoms with Gasteiger partial charge in [-0.05, 0) is 36.4 Å². The van der Waals surface area contributed by atoms with E-state index in [0.717, 1.165) is 5.69 Å². The fourth-order valence-corrected chi connectivity index (χ4v) is 2.56. The Morgan fingerprint density at radius 3 is 2.22 bits per heavy atom. The van der Waals surface area contributed by atoms with E-state index in [4.69, 9.17) is 0 Å². The van der Waals surface area contributed by atoms with E-state index < -0.39 is 0 Å². The first-order valence-corrected chi connectivity index (χ1v) is 6.55. The lowest BCUT2D eigenvalue weighted by Crippen LogP contribution is -1.88. The van der Waals surface area contributed by atoms with Crippen LogP contribution in [0.2, 0.25) is 0 Å². The molecule has 0 bridgehead atoms. The average molecular weight is 252 g/mol. The van der Waals surface area contributed by atoms with E-state index in [2.05, 4.69) is 53.5 Å². The van der Waals surface area contributed by atoms with Crippen molar-refractivity contribution in [2.45, 2.75) is 9.79 Å². The summed E-state index contributed by atoms with van der Waals surface area (Å²) >= 11 is 1.77. The molecular formula is C15H12N2S. The molecule has 0 aliphatic rings. The van der Waals surface area contributed by atoms with Gasteiger partial charge < -0.3 is 4.57 Å². The molecule has 0 radical (unpaired) electrons. The van der Waals surface area contributed by atoms with Gasteiger partial charge in [0.15, 0.2) is 0 Å². The number of imidazole rings is 1. The Bertz CT molecular complexity index is 601. The molecule has 0 aliphatic heterocycles. The van der Waals surface area contributed by atoms with Gasteiger partial charge in [-0.25, -0.2) is 4.98 Å². The van der Waals surface area contributed by atoms with Crippen LogP contribution in [0.4, 0.5) is 0 Å². The number of aromatic nitrogens is 2. The maximum Gasteiger partial charge on any atom is 0.0991 e. The van der Waals surface area contributed by atoms with Gasteiger partial charge in [0, 0.05) is 27.9 Å². The zero-order valence-electron chi connectivity index (χ0n) is 9.73. The Balaban J connectivity index is 1.80. The maximum absolute atomic E-state index is 4.05. The van der Waals surface area contributed by atoms with Crippen molar-refractivity contribution < 1.29 is 0 Å². The van der Waals surface area contributed by atoms with Crippen LogP contribution in [0.5, 0.6) is 0 Å². The first-order chi connectivity index (χ1) is 8.92. The minimum atomic E-state index is 1.13. The molecule has 0 saturated carbocycles. The second-order valence-electron chi connectivity index (χ2n) is 3.88. The Morgan fingerprint density at radius 2 is 1.56 bits per heavy atom. The van der Waals surface area contributed by atoms with Crippen molar-refractivity contribution in [3.63, 3.8) is 0 Å². The summed E-state index contributed by atoms with van der Waals surface area (Å²) in [6.07, 6.45) is 5.53. The van der Waals surface area contributed by atoms with Crippen LogP contribution in [0.3, 0.4) is 0 Å². The fraction of sp³-hybridized carbons (Fsp3) is 0. The number of nitrogens with zero attached hydrogens (tertiary/aromatic N) is 2. The summed E-state index contributed by atoms with van der Waals surface area (Å²) in [5.41, 5.74) is 1.13. The molecule has 0 fully saturated rings. The summed E-state index contributed by atoms with van der Waals surface area (Å²) in [5, 5.41) is 0. The molecule has 3 rings (SSSR count). The molecule has 0 atom stereocenters. The van der Waals surface area contributed by atoms with Crippen LogP contribution < -0.4 is 0 Å². The maximum atomic E-state index is 4.05. The fourth-order valence-electron chi connectivity index (χ4n) is 1.72. The Hall–Kier alpha value is -2.00. The first kappa shape index (κ1) is 11.1. The second-order valence-corrected chi connectivity index (χ2v) is 5.03. The van der Waals surface area contributed by atoms with Crippen molar-refractivity contribution in [3.8, 4) is 5.69 Å². The Labute approximate surface area is 110 Å². The third-order valence-electron chi connectivity index (χ3n) is 2.62. The van der Waals surface area contributed by atoms with Crippen molar-refractivity contribution in [3.05, 3.63) is 73.3 Å². The smallest absolute Gasteiger partial charge is 0.0991 e. The summed E-state index contributed by atoms with van der Waals surface area (Å²) in [4.78, 5) is 6.54. The first-order valence-electron chi connectivity index (χ1n) is 5.73. The topological polar surface area (TPSA) is 17.8 Å². The molecule has 2 aromatic carbocycles. The third-order valence-corrected chi connectivity index (χ3v) is 3.63. The predicted octanol–water partition coefficient (Wildman–Crippen LogP) is 4.02. The van der Waals surface area contributed by atoms with Crippen LogP contribution in [-0.2, 0) is 0 Å². The number of hydrogen-bond acceptors (Lipinski definition) is 2. The van der Waals surface area contributed by atoms with E-state index in [1.807, 2.05) is 16.8 Å². The standard InChI is InChI=1S/C15H12N2S/c1-2-4-14(5-3-1)18-15-8-6-13(7-9-15)17-11-10-16-12-17/h1-12H. The molecule has 1 heterocycles. The molecule has 0 unspecified atom stereocenters. The molecule has 3 aromatic rings. The number of hydrogen-bond donors (Lipinski definition) is 0. The monoisotopic (exact) mass is 252 g/mol. The minimum Gasteiger partial charge on any atom is -0.306 e. The molecule has 0 spiro atoms. The van der Waals surface area contributed by atoms with Crippen LogP contribution in [0.25, 0.3) is 5.69 Å². The highest BCUT2D eigenvalue weighted by atomic mass is 32.2. The van der Waals surface area contributed by atoms with Crippen LogP contribution in [0, 0.1) is 0 Å². The van der Waals surface area contributed by atoms with Crippen molar-refractivity contribution in [1.29, 1.82) is 0 Å². The molecule has 1 aromatic heterocycles. The van der Waals surface area contributed by atoms with Gasteiger partial charge in [-0.3, -0.25) is 0 Å². The van der Waals surface area contributed by atoms with Gasteiger partial charge in [0.2, 0.25) is 0 Å². The second kappa shape index (κ2) is 5.10. The zero-order chi connectivity index (χ0) is 12.2. The summed E-state index contributed by atoms with van der Waals surface area (Å²) in [7, 11) is 0. The van der Waals surface area contributed by atoms with Crippen molar-refractivity contribution in [2.24, 2.45) is 0 Å². The van der Waals surface area contributed by atoms with Gasteiger partial charge in [-0.2, -0.15) is 0 Å². The molecule has 0 saturated heterocycles. The highest BCUT2D eigenvalue weighted by Crippen LogP contribution is 2.27. The highest BCUT2D eigenvalue weighted by Gasteiger charge is 1.98. The summed E-state index contributed by atoms with van der Waals surface area (Å²) < 4.78 is 2.00. The van der Waals surface area contributed by atoms with E-state index in [-0.39, 0.29) is 0 Å². The Morgan fingerprint density at radius 1 is 0.833 bits per heavy atom. The van der Waals surface area contributed by atoms with Crippen LogP contribution in [0.15, 0.2) is 83.1 Å². The molecule has 88 valence electrons. The van der Waals surface area contributed by atoms with E-state index in [1.165, 1.54) is 9.79 Å². The lowest BCUT2D eigenvalue weighted by molar-refractivity contribution is 1.05. The highest BCUT2D eigenvalue weighted by molar-refractivity contribution is 7.99. The molecular weight excluding hydrogens is 240 g/mol. The van der Waals surface area contributed by atoms with E-state index in [9.17, 15) is 0 Å². The van der Waals surface area contributed by atoms with Crippen LogP contribution in [-0.4, -0.2) is 9.55 Å². The van der Waals surface area contributed by atoms with Gasteiger partial charge in [0.25, 0.3) is 0 Å². The SMILES string of the molecule is c1ccc(Sc2ccc(-n3ccnc3)cc2)cc1. The third kappa shape index (κ3) is 2.46. The normalized spacial score (nSPS) is 10.4. The minimum absolute atomic E-state index is 1.13. The molecule has 0 aliphatic carbocycles. The van der Waals surface area contributed by atoms with Gasteiger partial charge >= 0.3 is 0 Å². The molecule has 2 nitrogen and oxygen atoms in total. The number of rotatable bonds is 3. The lowest BCUT2D eigenvalue weighted by Gasteiger charge is -2.04. The molecule has 3 heteroatoms. The lowest BCUT2D eigenvalue weighted by atomic mass is 10.3. The predicted molar refractivity (Wildman–Crippen MR) is 74.1 cm³/mol. The van der Waals surface area contributed by atoms with Gasteiger partial charge in [-0.1, -0.05) is 30.0 Å².